The first kappa shape index (κ1) is 23.6. The Labute approximate surface area is 193 Å². The lowest BCUT2D eigenvalue weighted by Crippen LogP contribution is -2.71. The van der Waals surface area contributed by atoms with Crippen LogP contribution in [0.1, 0.15) is 12.6 Å². The maximum atomic E-state index is 12.9. The van der Waals surface area contributed by atoms with Crippen LogP contribution in [0, 0.1) is 0 Å². The minimum atomic E-state index is -1.39. The van der Waals surface area contributed by atoms with Gasteiger partial charge in [0.25, 0.3) is 11.8 Å². The number of thioether (sulfide) groups is 1. The third kappa shape index (κ3) is 4.28. The molecule has 0 radical (unpaired) electrons. The Morgan fingerprint density at radius 3 is 2.69 bits per heavy atom. The summed E-state index contributed by atoms with van der Waals surface area (Å²) < 4.78 is 0.00306. The highest BCUT2D eigenvalue weighted by atomic mass is 35.5. The van der Waals surface area contributed by atoms with Crippen molar-refractivity contribution in [2.45, 2.75) is 24.4 Å². The number of hydrogen-bond donors (Lipinski definition) is 4. The minimum absolute atomic E-state index is 0.00306. The zero-order chi connectivity index (χ0) is 23.7. The van der Waals surface area contributed by atoms with Gasteiger partial charge in [0.2, 0.25) is 6.10 Å². The van der Waals surface area contributed by atoms with E-state index in [2.05, 4.69) is 22.0 Å². The number of carboxylic acids is 2. The van der Waals surface area contributed by atoms with E-state index in [-0.39, 0.29) is 26.6 Å². The number of fused-ring (bicyclic) bond motifs is 1. The molecule has 2 aliphatic rings. The number of nitrogens with two attached hydrogens (primary N) is 1. The third-order valence-corrected chi connectivity index (χ3v) is 6.81. The Morgan fingerprint density at radius 1 is 1.47 bits per heavy atom. The van der Waals surface area contributed by atoms with Crippen LogP contribution in [-0.4, -0.2) is 72.8 Å². The Bertz CT molecular complexity index is 1090. The summed E-state index contributed by atoms with van der Waals surface area (Å²) in [5.41, 5.74) is 5.17. The summed E-state index contributed by atoms with van der Waals surface area (Å²) in [5, 5.41) is 23.8. The minimum Gasteiger partial charge on any atom is -0.478 e. The lowest BCUT2D eigenvalue weighted by Gasteiger charge is -2.49. The van der Waals surface area contributed by atoms with Crippen LogP contribution in [0.3, 0.4) is 0 Å². The number of aliphatic carboxylic acids is 2. The van der Waals surface area contributed by atoms with Crippen LogP contribution in [-0.2, 0) is 24.0 Å². The van der Waals surface area contributed by atoms with Gasteiger partial charge in [0.1, 0.15) is 27.1 Å². The maximum Gasteiger partial charge on any atom is 0.352 e. The van der Waals surface area contributed by atoms with Gasteiger partial charge in [-0.2, -0.15) is 0 Å². The molecule has 0 saturated carbocycles. The van der Waals surface area contributed by atoms with Gasteiger partial charge in [0.15, 0.2) is 10.8 Å². The number of nitrogens with zero attached hydrogens (tertiary/aromatic N) is 3. The number of β-lactam (4-membered cyclic amide) rings is 1. The molecule has 1 saturated heterocycles. The Hall–Kier alpha value is -3.10. The van der Waals surface area contributed by atoms with Crippen LogP contribution in [0.5, 0.6) is 0 Å². The van der Waals surface area contributed by atoms with Crippen molar-refractivity contribution in [2.24, 2.45) is 5.16 Å². The number of nitrogens with one attached hydrogen (secondary N) is 1. The van der Waals surface area contributed by atoms with Gasteiger partial charge in [-0.1, -0.05) is 40.7 Å². The predicted octanol–water partition coefficient (Wildman–Crippen LogP) is 0.497. The van der Waals surface area contributed by atoms with E-state index in [1.807, 2.05) is 0 Å². The van der Waals surface area contributed by atoms with Crippen LogP contribution in [0.15, 0.2) is 29.1 Å². The molecule has 3 atom stereocenters. The number of carbonyl (C=O) groups excluding carboxylic acids is 2. The average molecular weight is 502 g/mol. The summed E-state index contributed by atoms with van der Waals surface area (Å²) in [5.74, 6) is -3.90. The number of aromatic nitrogens is 1. The van der Waals surface area contributed by atoms with Gasteiger partial charge in [-0.3, -0.25) is 14.5 Å². The van der Waals surface area contributed by atoms with Crippen LogP contribution in [0.4, 0.5) is 5.13 Å². The summed E-state index contributed by atoms with van der Waals surface area (Å²) in [4.78, 5) is 58.0. The van der Waals surface area contributed by atoms with E-state index in [0.29, 0.717) is 5.57 Å². The Balaban J connectivity index is 1.85. The molecule has 5 N–H and O–H groups in total. The number of amides is 2. The molecule has 1 fully saturated rings. The van der Waals surface area contributed by atoms with Crippen LogP contribution in [0.2, 0.25) is 4.34 Å². The Morgan fingerprint density at radius 2 is 2.16 bits per heavy atom. The summed E-state index contributed by atoms with van der Waals surface area (Å²) in [7, 11) is 0. The van der Waals surface area contributed by atoms with Crippen molar-refractivity contribution < 1.29 is 34.2 Å². The molecule has 0 aliphatic carbocycles. The van der Waals surface area contributed by atoms with Crippen molar-refractivity contribution in [1.29, 1.82) is 0 Å². The smallest absolute Gasteiger partial charge is 0.352 e. The number of nitrogen functional groups attached to an aromatic ring is 1. The zero-order valence-corrected chi connectivity index (χ0v) is 18.7. The van der Waals surface area contributed by atoms with E-state index in [4.69, 9.17) is 27.3 Å². The number of thiazole rings is 1. The second-order valence-corrected chi connectivity index (χ2v) is 9.18. The molecular weight excluding hydrogens is 486 g/mol. The molecular formula is C17H16ClN5O7S2. The van der Waals surface area contributed by atoms with Crippen LogP contribution >= 0.6 is 34.7 Å². The molecule has 1 aromatic heterocycles. The number of halogens is 1. The van der Waals surface area contributed by atoms with E-state index >= 15 is 0 Å². The first-order chi connectivity index (χ1) is 15.1. The van der Waals surface area contributed by atoms with Gasteiger partial charge in [0, 0.05) is 5.75 Å². The molecule has 2 amide bonds. The number of carbonyl (C=O) groups is 4. The van der Waals surface area contributed by atoms with Crippen molar-refractivity contribution in [3.05, 3.63) is 34.0 Å². The summed E-state index contributed by atoms with van der Waals surface area (Å²) in [6.45, 7) is 4.76. The second kappa shape index (κ2) is 9.18. The molecule has 2 unspecified atom stereocenters. The molecule has 3 rings (SSSR count). The molecule has 32 heavy (non-hydrogen) atoms. The summed E-state index contributed by atoms with van der Waals surface area (Å²) in [6, 6.07) is -1.06. The highest BCUT2D eigenvalue weighted by Gasteiger charge is 2.54. The maximum absolute atomic E-state index is 12.9. The highest BCUT2D eigenvalue weighted by molar-refractivity contribution is 8.00. The second-order valence-electron chi connectivity index (χ2n) is 6.44. The lowest BCUT2D eigenvalue weighted by molar-refractivity contribution is -0.150. The SMILES string of the molecule is C=CC1=C(C(=O)O)N2C(=O)C(NC(=O)/C(=N\OC(C)C(=O)O)c3nc(N)sc3Cl)[C@H]2SC1. The van der Waals surface area contributed by atoms with Crippen molar-refractivity contribution in [1.82, 2.24) is 15.2 Å². The number of anilines is 1. The highest BCUT2D eigenvalue weighted by Crippen LogP contribution is 2.40. The fraction of sp³-hybridized carbons (Fsp3) is 0.294. The molecule has 170 valence electrons. The van der Waals surface area contributed by atoms with Crippen LogP contribution < -0.4 is 11.1 Å². The van der Waals surface area contributed by atoms with Gasteiger partial charge in [-0.05, 0) is 12.5 Å². The zero-order valence-electron chi connectivity index (χ0n) is 16.3. The topological polar surface area (TPSA) is 185 Å². The van der Waals surface area contributed by atoms with E-state index < -0.39 is 47.0 Å². The molecule has 15 heteroatoms. The fourth-order valence-corrected chi connectivity index (χ4v) is 5.11. The van der Waals surface area contributed by atoms with Crippen molar-refractivity contribution >= 4 is 69.3 Å². The average Bonchev–Trinajstić information content (AvgIpc) is 3.07. The molecule has 0 aromatic carbocycles. The molecule has 0 bridgehead atoms. The number of carboxylic acid groups (broad SMARTS) is 2. The molecule has 3 heterocycles. The molecule has 12 nitrogen and oxygen atoms in total. The van der Waals surface area contributed by atoms with E-state index in [9.17, 15) is 24.3 Å². The molecule has 2 aliphatic heterocycles. The van der Waals surface area contributed by atoms with Gasteiger partial charge < -0.3 is 26.1 Å². The summed E-state index contributed by atoms with van der Waals surface area (Å²) >= 11 is 8.16. The summed E-state index contributed by atoms with van der Waals surface area (Å²) in [6.07, 6.45) is -0.0189. The number of rotatable bonds is 8. The van der Waals surface area contributed by atoms with Gasteiger partial charge >= 0.3 is 11.9 Å². The first-order valence-corrected chi connectivity index (χ1v) is 11.0. The monoisotopic (exact) mass is 501 g/mol. The Kier molecular flexibility index (Phi) is 6.76. The van der Waals surface area contributed by atoms with E-state index in [1.165, 1.54) is 24.8 Å². The number of hydrogen-bond acceptors (Lipinski definition) is 10. The molecule has 0 spiro atoms. The largest absolute Gasteiger partial charge is 0.478 e. The molecule has 1 aromatic rings. The number of allylic oxidation sites excluding steroid dienone is 1. The number of oxime groups is 1. The lowest BCUT2D eigenvalue weighted by atomic mass is 10.0. The van der Waals surface area contributed by atoms with Crippen molar-refractivity contribution in [2.75, 3.05) is 11.5 Å². The predicted molar refractivity (Wildman–Crippen MR) is 116 cm³/mol. The first-order valence-electron chi connectivity index (χ1n) is 8.80. The van der Waals surface area contributed by atoms with Gasteiger partial charge in [-0.25, -0.2) is 14.6 Å². The van der Waals surface area contributed by atoms with Crippen LogP contribution in [0.25, 0.3) is 0 Å². The van der Waals surface area contributed by atoms with Crippen molar-refractivity contribution in [3.8, 4) is 0 Å². The fourth-order valence-electron chi connectivity index (χ4n) is 2.84. The normalized spacial score (nSPS) is 21.4. The van der Waals surface area contributed by atoms with E-state index in [1.54, 1.807) is 0 Å². The third-order valence-electron chi connectivity index (χ3n) is 4.42. The van der Waals surface area contributed by atoms with Gasteiger partial charge in [-0.15, -0.1) is 11.8 Å². The van der Waals surface area contributed by atoms with Crippen molar-refractivity contribution in [3.63, 3.8) is 0 Å². The quantitative estimate of drug-likeness (QED) is 0.222. The van der Waals surface area contributed by atoms with E-state index in [0.717, 1.165) is 16.2 Å². The van der Waals surface area contributed by atoms with Gasteiger partial charge in [0.05, 0.1) is 0 Å². The standard InChI is InChI=1S/C17H16ClN5O7S2/c1-3-6-4-31-14-9(13(25)23(14)10(6)16(28)29)20-12(24)8(22-30-5(2)15(26)27)7-11(18)32-17(19)21-7/h3,5,9,14H,1,4H2,2H3,(H2,19,21)(H,20,24)(H,26,27)(H,28,29)/b22-8-/t5?,9?,14-/m1/s1.